The van der Waals surface area contributed by atoms with Crippen LogP contribution in [0.3, 0.4) is 0 Å². The summed E-state index contributed by atoms with van der Waals surface area (Å²) in [5.74, 6) is 1.16. The first kappa shape index (κ1) is 15.8. The number of nitrogens with zero attached hydrogens (tertiary/aromatic N) is 1. The normalized spacial score (nSPS) is 19.8. The minimum Gasteiger partial charge on any atom is -0.338 e. The van der Waals surface area contributed by atoms with Gasteiger partial charge in [-0.15, -0.1) is 12.4 Å². The maximum atomic E-state index is 12.4. The number of carbonyl (C=O) groups excluding carboxylic acids is 1. The Morgan fingerprint density at radius 2 is 2.00 bits per heavy atom. The van der Waals surface area contributed by atoms with Gasteiger partial charge in [0.05, 0.1) is 5.56 Å². The van der Waals surface area contributed by atoms with Crippen LogP contribution in [0.4, 0.5) is 0 Å². The molecular weight excluding hydrogens is 292 g/mol. The molecule has 1 aromatic heterocycles. The van der Waals surface area contributed by atoms with Gasteiger partial charge < -0.3 is 10.2 Å². The van der Waals surface area contributed by atoms with E-state index in [1.807, 2.05) is 17.2 Å². The molecule has 0 unspecified atom stereocenters. The maximum Gasteiger partial charge on any atom is 0.254 e. The highest BCUT2D eigenvalue weighted by molar-refractivity contribution is 7.08. The van der Waals surface area contributed by atoms with Gasteiger partial charge in [0.15, 0.2) is 0 Å². The SMILES string of the molecule is Cc1cscc1C(=O)N1CCC(NCC2CC2)CC1.Cl. The van der Waals surface area contributed by atoms with Crippen molar-refractivity contribution in [1.29, 1.82) is 0 Å². The predicted octanol–water partition coefficient (Wildman–Crippen LogP) is 3.08. The Bertz CT molecular complexity index is 450. The number of aryl methyl sites for hydroxylation is 1. The molecule has 1 amide bonds. The monoisotopic (exact) mass is 314 g/mol. The molecular formula is C15H23ClN2OS. The van der Waals surface area contributed by atoms with Crippen molar-refractivity contribution in [2.45, 2.75) is 38.6 Å². The lowest BCUT2D eigenvalue weighted by Crippen LogP contribution is -2.45. The predicted molar refractivity (Wildman–Crippen MR) is 86.0 cm³/mol. The molecule has 2 heterocycles. The minimum absolute atomic E-state index is 0. The largest absolute Gasteiger partial charge is 0.338 e. The highest BCUT2D eigenvalue weighted by Crippen LogP contribution is 2.28. The average molecular weight is 315 g/mol. The van der Waals surface area contributed by atoms with E-state index < -0.39 is 0 Å². The van der Waals surface area contributed by atoms with E-state index >= 15 is 0 Å². The molecule has 1 N–H and O–H groups in total. The molecule has 0 bridgehead atoms. The Morgan fingerprint density at radius 1 is 1.30 bits per heavy atom. The third kappa shape index (κ3) is 3.74. The quantitative estimate of drug-likeness (QED) is 0.926. The zero-order valence-electron chi connectivity index (χ0n) is 11.9. The number of piperidine rings is 1. The third-order valence-electron chi connectivity index (χ3n) is 4.26. The van der Waals surface area contributed by atoms with Gasteiger partial charge in [0.25, 0.3) is 5.91 Å². The van der Waals surface area contributed by atoms with Crippen LogP contribution < -0.4 is 5.32 Å². The molecule has 1 aliphatic carbocycles. The molecule has 5 heteroatoms. The Kier molecular flexibility index (Phi) is 5.47. The lowest BCUT2D eigenvalue weighted by Gasteiger charge is -2.32. The van der Waals surface area contributed by atoms with Crippen molar-refractivity contribution in [3.8, 4) is 0 Å². The van der Waals surface area contributed by atoms with E-state index in [2.05, 4.69) is 10.7 Å². The first-order valence-electron chi connectivity index (χ1n) is 7.29. The second-order valence-electron chi connectivity index (χ2n) is 5.89. The molecule has 2 aliphatic rings. The summed E-state index contributed by atoms with van der Waals surface area (Å²) in [5.41, 5.74) is 2.01. The van der Waals surface area contributed by atoms with Crippen LogP contribution in [-0.2, 0) is 0 Å². The van der Waals surface area contributed by atoms with Crippen LogP contribution in [0.15, 0.2) is 10.8 Å². The Hall–Kier alpha value is -0.580. The fourth-order valence-corrected chi connectivity index (χ4v) is 3.51. The first-order valence-corrected chi connectivity index (χ1v) is 8.24. The molecule has 1 aliphatic heterocycles. The van der Waals surface area contributed by atoms with Crippen LogP contribution in [0.25, 0.3) is 0 Å². The van der Waals surface area contributed by atoms with Crippen molar-refractivity contribution >= 4 is 29.7 Å². The summed E-state index contributed by atoms with van der Waals surface area (Å²) in [6.07, 6.45) is 5.01. The van der Waals surface area contributed by atoms with E-state index in [9.17, 15) is 4.79 Å². The van der Waals surface area contributed by atoms with E-state index in [-0.39, 0.29) is 18.3 Å². The average Bonchev–Trinajstić information content (AvgIpc) is 3.17. The highest BCUT2D eigenvalue weighted by Gasteiger charge is 2.26. The molecule has 0 radical (unpaired) electrons. The van der Waals surface area contributed by atoms with E-state index in [1.54, 1.807) is 11.3 Å². The summed E-state index contributed by atoms with van der Waals surface area (Å²) in [7, 11) is 0. The fraction of sp³-hybridized carbons (Fsp3) is 0.667. The van der Waals surface area contributed by atoms with Crippen LogP contribution in [0.1, 0.15) is 41.6 Å². The lowest BCUT2D eigenvalue weighted by molar-refractivity contribution is 0.0705. The van der Waals surface area contributed by atoms with Crippen LogP contribution >= 0.6 is 23.7 Å². The third-order valence-corrected chi connectivity index (χ3v) is 5.12. The van der Waals surface area contributed by atoms with Gasteiger partial charge in [0, 0.05) is 24.5 Å². The zero-order valence-corrected chi connectivity index (χ0v) is 13.6. The Balaban J connectivity index is 0.00000147. The standard InChI is InChI=1S/C15H22N2OS.ClH/c1-11-9-19-10-14(11)15(18)17-6-4-13(5-7-17)16-8-12-2-3-12;/h9-10,12-13,16H,2-8H2,1H3;1H. The van der Waals surface area contributed by atoms with Crippen molar-refractivity contribution in [3.63, 3.8) is 0 Å². The molecule has 0 aromatic carbocycles. The summed E-state index contributed by atoms with van der Waals surface area (Å²) in [6, 6.07) is 0.619. The van der Waals surface area contributed by atoms with E-state index in [0.717, 1.165) is 43.0 Å². The number of rotatable bonds is 4. The summed E-state index contributed by atoms with van der Waals surface area (Å²) >= 11 is 1.62. The van der Waals surface area contributed by atoms with Crippen molar-refractivity contribution in [2.24, 2.45) is 5.92 Å². The summed E-state index contributed by atoms with van der Waals surface area (Å²) in [4.78, 5) is 14.4. The van der Waals surface area contributed by atoms with Gasteiger partial charge in [0.1, 0.15) is 0 Å². The number of amides is 1. The summed E-state index contributed by atoms with van der Waals surface area (Å²) < 4.78 is 0. The molecule has 1 saturated carbocycles. The number of thiophene rings is 1. The Labute approximate surface area is 131 Å². The van der Waals surface area contributed by atoms with Crippen LogP contribution in [0.2, 0.25) is 0 Å². The molecule has 20 heavy (non-hydrogen) atoms. The van der Waals surface area contributed by atoms with Crippen LogP contribution in [0.5, 0.6) is 0 Å². The first-order chi connectivity index (χ1) is 9.24. The van der Waals surface area contributed by atoms with Crippen LogP contribution in [-0.4, -0.2) is 36.5 Å². The van der Waals surface area contributed by atoms with Crippen molar-refractivity contribution in [3.05, 3.63) is 21.9 Å². The van der Waals surface area contributed by atoms with Crippen molar-refractivity contribution < 1.29 is 4.79 Å². The topological polar surface area (TPSA) is 32.3 Å². The molecule has 3 rings (SSSR count). The second kappa shape index (κ2) is 6.92. The molecule has 0 atom stereocenters. The van der Waals surface area contributed by atoms with Gasteiger partial charge in [-0.1, -0.05) is 0 Å². The molecule has 1 aromatic rings. The van der Waals surface area contributed by atoms with E-state index in [4.69, 9.17) is 0 Å². The Morgan fingerprint density at radius 3 is 2.55 bits per heavy atom. The van der Waals surface area contributed by atoms with Gasteiger partial charge in [-0.2, -0.15) is 11.3 Å². The summed E-state index contributed by atoms with van der Waals surface area (Å²) in [5, 5.41) is 7.69. The van der Waals surface area contributed by atoms with Crippen molar-refractivity contribution in [1.82, 2.24) is 10.2 Å². The smallest absolute Gasteiger partial charge is 0.254 e. The van der Waals surface area contributed by atoms with Gasteiger partial charge in [0.2, 0.25) is 0 Å². The minimum atomic E-state index is 0. The van der Waals surface area contributed by atoms with Crippen LogP contribution in [0, 0.1) is 12.8 Å². The van der Waals surface area contributed by atoms with Crippen molar-refractivity contribution in [2.75, 3.05) is 19.6 Å². The number of hydrogen-bond donors (Lipinski definition) is 1. The van der Waals surface area contributed by atoms with E-state index in [1.165, 1.54) is 19.4 Å². The van der Waals surface area contributed by atoms with Gasteiger partial charge in [-0.25, -0.2) is 0 Å². The zero-order chi connectivity index (χ0) is 13.2. The second-order valence-corrected chi connectivity index (χ2v) is 6.63. The number of hydrogen-bond acceptors (Lipinski definition) is 3. The number of halogens is 1. The molecule has 3 nitrogen and oxygen atoms in total. The number of nitrogens with one attached hydrogen (secondary N) is 1. The van der Waals surface area contributed by atoms with E-state index in [0.29, 0.717) is 6.04 Å². The molecule has 112 valence electrons. The molecule has 0 spiro atoms. The van der Waals surface area contributed by atoms with Gasteiger partial charge in [-0.3, -0.25) is 4.79 Å². The van der Waals surface area contributed by atoms with Gasteiger partial charge >= 0.3 is 0 Å². The fourth-order valence-electron chi connectivity index (χ4n) is 2.69. The summed E-state index contributed by atoms with van der Waals surface area (Å²) in [6.45, 7) is 5.00. The molecule has 2 fully saturated rings. The lowest BCUT2D eigenvalue weighted by atomic mass is 10.0. The molecule has 1 saturated heterocycles. The number of likely N-dealkylation sites (tertiary alicyclic amines) is 1. The number of carbonyl (C=O) groups is 1. The maximum absolute atomic E-state index is 12.4. The highest BCUT2D eigenvalue weighted by atomic mass is 35.5. The van der Waals surface area contributed by atoms with Gasteiger partial charge in [-0.05, 0) is 56.0 Å².